The minimum Gasteiger partial charge on any atom is -0.493 e. The predicted molar refractivity (Wildman–Crippen MR) is 129 cm³/mol. The molecule has 34 heavy (non-hydrogen) atoms. The minimum absolute atomic E-state index is 0.532. The summed E-state index contributed by atoms with van der Waals surface area (Å²) in [6, 6.07) is 15.7. The number of rotatable bonds is 8. The summed E-state index contributed by atoms with van der Waals surface area (Å²) in [5.41, 5.74) is 4.50. The fraction of sp³-hybridized carbons (Fsp3) is 0.160. The highest BCUT2D eigenvalue weighted by molar-refractivity contribution is 5.77. The van der Waals surface area contributed by atoms with Gasteiger partial charge >= 0.3 is 0 Å². The largest absolute Gasteiger partial charge is 0.493 e. The van der Waals surface area contributed by atoms with E-state index in [0.717, 1.165) is 22.5 Å². The highest BCUT2D eigenvalue weighted by Gasteiger charge is 2.15. The van der Waals surface area contributed by atoms with Crippen LogP contribution in [0.4, 0.5) is 11.5 Å². The van der Waals surface area contributed by atoms with Crippen LogP contribution in [-0.2, 0) is 6.54 Å². The van der Waals surface area contributed by atoms with Crippen molar-refractivity contribution in [2.24, 2.45) is 0 Å². The van der Waals surface area contributed by atoms with Crippen molar-refractivity contribution in [1.82, 2.24) is 24.4 Å². The van der Waals surface area contributed by atoms with E-state index in [2.05, 4.69) is 27.6 Å². The molecule has 0 unspecified atom stereocenters. The third-order valence-corrected chi connectivity index (χ3v) is 5.44. The van der Waals surface area contributed by atoms with E-state index in [-0.39, 0.29) is 0 Å². The van der Waals surface area contributed by atoms with Gasteiger partial charge in [-0.05, 0) is 11.6 Å². The summed E-state index contributed by atoms with van der Waals surface area (Å²) in [6.07, 6.45) is 7.50. The maximum atomic E-state index is 5.45. The maximum Gasteiger partial charge on any atom is 0.203 e. The van der Waals surface area contributed by atoms with Crippen LogP contribution < -0.4 is 19.5 Å². The van der Waals surface area contributed by atoms with E-state index < -0.39 is 0 Å². The Labute approximate surface area is 196 Å². The lowest BCUT2D eigenvalue weighted by atomic mass is 10.2. The van der Waals surface area contributed by atoms with Gasteiger partial charge in [0, 0.05) is 41.3 Å². The molecule has 9 nitrogen and oxygen atoms in total. The number of hydrogen-bond acceptors (Lipinski definition) is 7. The molecule has 172 valence electrons. The summed E-state index contributed by atoms with van der Waals surface area (Å²) in [7, 11) is 4.75. The Kier molecular flexibility index (Phi) is 5.73. The monoisotopic (exact) mass is 456 g/mol. The lowest BCUT2D eigenvalue weighted by Gasteiger charge is -2.15. The quantitative estimate of drug-likeness (QED) is 0.370. The molecule has 3 aromatic heterocycles. The first kappa shape index (κ1) is 21.3. The van der Waals surface area contributed by atoms with Crippen LogP contribution in [0.2, 0.25) is 0 Å². The second kappa shape index (κ2) is 9.14. The van der Waals surface area contributed by atoms with Crippen LogP contribution >= 0.6 is 0 Å². The van der Waals surface area contributed by atoms with E-state index in [1.807, 2.05) is 59.7 Å². The highest BCUT2D eigenvalue weighted by atomic mass is 16.5. The Morgan fingerprint density at radius 2 is 1.65 bits per heavy atom. The van der Waals surface area contributed by atoms with Gasteiger partial charge in [0.2, 0.25) is 5.75 Å². The standard InChI is InChI=1S/C25H24N6O3/c1-32-21-11-19(12-22(33-2)24(21)34-3)28-23-9-10-31-25(29-23)20(14-27-31)18-13-26-30(16-18)15-17-7-5-4-6-8-17/h4-14,16H,15H2,1-3H3,(H,28,29). The molecule has 0 aliphatic heterocycles. The minimum atomic E-state index is 0.532. The Balaban J connectivity index is 1.44. The Morgan fingerprint density at radius 1 is 0.882 bits per heavy atom. The second-order valence-electron chi connectivity index (χ2n) is 7.59. The fourth-order valence-electron chi connectivity index (χ4n) is 3.80. The van der Waals surface area contributed by atoms with Crippen LogP contribution in [0.25, 0.3) is 16.8 Å². The van der Waals surface area contributed by atoms with Crippen LogP contribution in [0.5, 0.6) is 17.2 Å². The predicted octanol–water partition coefficient (Wildman–Crippen LogP) is 4.41. The molecule has 5 rings (SSSR count). The van der Waals surface area contributed by atoms with Crippen molar-refractivity contribution in [3.8, 4) is 28.4 Å². The van der Waals surface area contributed by atoms with Crippen LogP contribution in [0.3, 0.4) is 0 Å². The zero-order chi connectivity index (χ0) is 23.5. The van der Waals surface area contributed by atoms with E-state index in [4.69, 9.17) is 19.2 Å². The van der Waals surface area contributed by atoms with Gasteiger partial charge in [0.05, 0.1) is 40.3 Å². The van der Waals surface area contributed by atoms with E-state index in [1.165, 1.54) is 5.56 Å². The van der Waals surface area contributed by atoms with Gasteiger partial charge in [0.1, 0.15) is 5.82 Å². The molecule has 0 radical (unpaired) electrons. The lowest BCUT2D eigenvalue weighted by molar-refractivity contribution is 0.324. The average Bonchev–Trinajstić information content (AvgIpc) is 3.50. The van der Waals surface area contributed by atoms with Crippen LogP contribution in [0, 0.1) is 0 Å². The van der Waals surface area contributed by atoms with E-state index in [0.29, 0.717) is 29.6 Å². The molecular weight excluding hydrogens is 432 g/mol. The molecule has 2 aromatic carbocycles. The van der Waals surface area contributed by atoms with Gasteiger partial charge < -0.3 is 19.5 Å². The number of aromatic nitrogens is 5. The number of hydrogen-bond donors (Lipinski definition) is 1. The molecule has 3 heterocycles. The smallest absolute Gasteiger partial charge is 0.203 e. The molecule has 5 aromatic rings. The number of methoxy groups -OCH3 is 3. The summed E-state index contributed by atoms with van der Waals surface area (Å²) in [5.74, 6) is 2.30. The summed E-state index contributed by atoms with van der Waals surface area (Å²) in [6.45, 7) is 0.696. The summed E-state index contributed by atoms with van der Waals surface area (Å²) in [5, 5.41) is 12.3. The number of ether oxygens (including phenoxy) is 3. The van der Waals surface area contributed by atoms with Crippen molar-refractivity contribution in [1.29, 1.82) is 0 Å². The molecule has 0 spiro atoms. The van der Waals surface area contributed by atoms with Crippen LogP contribution in [0.1, 0.15) is 5.56 Å². The molecule has 0 saturated heterocycles. The van der Waals surface area contributed by atoms with Crippen molar-refractivity contribution in [2.45, 2.75) is 6.54 Å². The van der Waals surface area contributed by atoms with E-state index in [1.54, 1.807) is 32.0 Å². The van der Waals surface area contributed by atoms with E-state index >= 15 is 0 Å². The summed E-state index contributed by atoms with van der Waals surface area (Å²) in [4.78, 5) is 4.79. The number of anilines is 2. The van der Waals surface area contributed by atoms with Gasteiger partial charge in [-0.15, -0.1) is 0 Å². The molecule has 9 heteroatoms. The third-order valence-electron chi connectivity index (χ3n) is 5.44. The first-order valence-electron chi connectivity index (χ1n) is 10.7. The SMILES string of the molecule is COc1cc(Nc2ccn3ncc(-c4cnn(Cc5ccccc5)c4)c3n2)cc(OC)c1OC. The topological polar surface area (TPSA) is 87.7 Å². The molecular formula is C25H24N6O3. The van der Waals surface area contributed by atoms with Gasteiger partial charge in [-0.2, -0.15) is 10.2 Å². The summed E-state index contributed by atoms with van der Waals surface area (Å²) >= 11 is 0. The zero-order valence-corrected chi connectivity index (χ0v) is 19.1. The lowest BCUT2D eigenvalue weighted by Crippen LogP contribution is -2.00. The molecule has 0 fully saturated rings. The van der Waals surface area contributed by atoms with Gasteiger partial charge in [-0.25, -0.2) is 9.50 Å². The molecule has 0 aliphatic carbocycles. The van der Waals surface area contributed by atoms with Crippen molar-refractivity contribution in [2.75, 3.05) is 26.6 Å². The molecule has 0 amide bonds. The average molecular weight is 457 g/mol. The number of nitrogens with one attached hydrogen (secondary N) is 1. The Hall–Kier alpha value is -4.53. The van der Waals surface area contributed by atoms with Gasteiger partial charge in [0.25, 0.3) is 0 Å². The molecule has 0 atom stereocenters. The van der Waals surface area contributed by atoms with Crippen molar-refractivity contribution in [3.05, 3.63) is 78.9 Å². The normalized spacial score (nSPS) is 10.9. The first-order valence-corrected chi connectivity index (χ1v) is 10.7. The summed E-state index contributed by atoms with van der Waals surface area (Å²) < 4.78 is 19.9. The van der Waals surface area contributed by atoms with Crippen molar-refractivity contribution in [3.63, 3.8) is 0 Å². The first-order chi connectivity index (χ1) is 16.7. The number of fused-ring (bicyclic) bond motifs is 1. The van der Waals surface area contributed by atoms with Crippen molar-refractivity contribution >= 4 is 17.2 Å². The number of benzene rings is 2. The van der Waals surface area contributed by atoms with Gasteiger partial charge in [-0.1, -0.05) is 30.3 Å². The Bertz CT molecular complexity index is 1400. The second-order valence-corrected chi connectivity index (χ2v) is 7.59. The Morgan fingerprint density at radius 3 is 2.35 bits per heavy atom. The molecule has 0 aliphatic rings. The van der Waals surface area contributed by atoms with Crippen LogP contribution in [-0.4, -0.2) is 45.7 Å². The molecule has 0 saturated carbocycles. The fourth-order valence-corrected chi connectivity index (χ4v) is 3.80. The number of nitrogens with zero attached hydrogens (tertiary/aromatic N) is 5. The molecule has 0 bridgehead atoms. The van der Waals surface area contributed by atoms with Gasteiger partial charge in [-0.3, -0.25) is 4.68 Å². The van der Waals surface area contributed by atoms with E-state index in [9.17, 15) is 0 Å². The molecule has 1 N–H and O–H groups in total. The third kappa shape index (κ3) is 4.11. The van der Waals surface area contributed by atoms with Crippen LogP contribution in [0.15, 0.2) is 73.3 Å². The highest BCUT2D eigenvalue weighted by Crippen LogP contribution is 2.40. The van der Waals surface area contributed by atoms with Gasteiger partial charge in [0.15, 0.2) is 17.1 Å². The maximum absolute atomic E-state index is 5.45. The zero-order valence-electron chi connectivity index (χ0n) is 19.1. The van der Waals surface area contributed by atoms with Crippen molar-refractivity contribution < 1.29 is 14.2 Å².